The summed E-state index contributed by atoms with van der Waals surface area (Å²) < 4.78 is 34.1. The summed E-state index contributed by atoms with van der Waals surface area (Å²) in [5.41, 5.74) is 0. The van der Waals surface area contributed by atoms with Gasteiger partial charge in [-0.3, -0.25) is 0 Å². The average Bonchev–Trinajstić information content (AvgIpc) is 2.96. The van der Waals surface area contributed by atoms with E-state index >= 15 is 0 Å². The lowest BCUT2D eigenvalue weighted by Crippen LogP contribution is -2.44. The summed E-state index contributed by atoms with van der Waals surface area (Å²) in [5, 5.41) is 2.92. The number of carbonyl (C=O) groups is 1. The SMILES string of the molecule is COCC[C@H](NC(=O)N1CCS(=O)(=O)C[C@@H](C)C1)c1ccco1. The van der Waals surface area contributed by atoms with Crippen molar-refractivity contribution in [1.29, 1.82) is 0 Å². The number of hydrogen-bond donors (Lipinski definition) is 1. The largest absolute Gasteiger partial charge is 0.467 e. The van der Waals surface area contributed by atoms with Crippen molar-refractivity contribution in [2.24, 2.45) is 5.92 Å². The molecule has 23 heavy (non-hydrogen) atoms. The van der Waals surface area contributed by atoms with Crippen LogP contribution in [0.2, 0.25) is 0 Å². The van der Waals surface area contributed by atoms with E-state index in [1.165, 1.54) is 0 Å². The Morgan fingerprint density at radius 1 is 1.57 bits per heavy atom. The highest BCUT2D eigenvalue weighted by atomic mass is 32.2. The molecule has 0 spiro atoms. The maximum Gasteiger partial charge on any atom is 0.318 e. The Bertz CT molecular complexity index is 599. The Morgan fingerprint density at radius 2 is 2.35 bits per heavy atom. The third-order valence-electron chi connectivity index (χ3n) is 3.82. The normalized spacial score (nSPS) is 22.3. The van der Waals surface area contributed by atoms with Crippen LogP contribution in [0.5, 0.6) is 0 Å². The van der Waals surface area contributed by atoms with E-state index < -0.39 is 9.84 Å². The first kappa shape index (κ1) is 17.8. The lowest BCUT2D eigenvalue weighted by Gasteiger charge is -2.25. The van der Waals surface area contributed by atoms with Gasteiger partial charge in [0.2, 0.25) is 0 Å². The molecule has 0 aromatic carbocycles. The van der Waals surface area contributed by atoms with Crippen LogP contribution in [-0.4, -0.2) is 57.7 Å². The molecular formula is C15H24N2O5S. The van der Waals surface area contributed by atoms with Gasteiger partial charge in [0.15, 0.2) is 9.84 Å². The number of methoxy groups -OCH3 is 1. The van der Waals surface area contributed by atoms with Crippen LogP contribution in [0.3, 0.4) is 0 Å². The average molecular weight is 344 g/mol. The molecule has 8 heteroatoms. The zero-order valence-corrected chi connectivity index (χ0v) is 14.3. The van der Waals surface area contributed by atoms with Crippen LogP contribution in [0.15, 0.2) is 22.8 Å². The molecule has 1 saturated heterocycles. The topological polar surface area (TPSA) is 88.9 Å². The zero-order valence-electron chi connectivity index (χ0n) is 13.5. The predicted molar refractivity (Wildman–Crippen MR) is 85.9 cm³/mol. The zero-order chi connectivity index (χ0) is 16.9. The van der Waals surface area contributed by atoms with Crippen LogP contribution in [0.25, 0.3) is 0 Å². The maximum atomic E-state index is 12.5. The third-order valence-corrected chi connectivity index (χ3v) is 5.71. The number of amides is 2. The van der Waals surface area contributed by atoms with Crippen LogP contribution in [0.4, 0.5) is 4.79 Å². The molecule has 0 saturated carbocycles. The highest BCUT2D eigenvalue weighted by Gasteiger charge is 2.28. The molecule has 2 rings (SSSR count). The number of rotatable bonds is 5. The van der Waals surface area contributed by atoms with E-state index in [1.54, 1.807) is 30.4 Å². The predicted octanol–water partition coefficient (Wildman–Crippen LogP) is 1.43. The highest BCUT2D eigenvalue weighted by Crippen LogP contribution is 2.19. The van der Waals surface area contributed by atoms with E-state index in [4.69, 9.17) is 9.15 Å². The second-order valence-electron chi connectivity index (χ2n) is 5.96. The second-order valence-corrected chi connectivity index (χ2v) is 8.19. The number of ether oxygens (including phenoxy) is 1. The summed E-state index contributed by atoms with van der Waals surface area (Å²) in [5.74, 6) is 0.719. The van der Waals surface area contributed by atoms with Gasteiger partial charge in [0.25, 0.3) is 0 Å². The summed E-state index contributed by atoms with van der Waals surface area (Å²) in [6.45, 7) is 2.97. The molecule has 0 radical (unpaired) electrons. The molecule has 7 nitrogen and oxygen atoms in total. The van der Waals surface area contributed by atoms with Crippen molar-refractivity contribution in [2.75, 3.05) is 38.3 Å². The molecule has 0 bridgehead atoms. The first-order valence-electron chi connectivity index (χ1n) is 7.69. The Labute approximate surface area is 136 Å². The van der Waals surface area contributed by atoms with Gasteiger partial charge >= 0.3 is 6.03 Å². The smallest absolute Gasteiger partial charge is 0.318 e. The minimum Gasteiger partial charge on any atom is -0.467 e. The van der Waals surface area contributed by atoms with Crippen LogP contribution < -0.4 is 5.32 Å². The standard InChI is InChI=1S/C15H24N2O5S/c1-12-10-17(6-9-23(19,20)11-12)15(18)16-13(5-8-21-2)14-4-3-7-22-14/h3-4,7,12-13H,5-6,8-11H2,1-2H3,(H,16,18)/t12-,13-/m0/s1. The molecule has 2 amide bonds. The van der Waals surface area contributed by atoms with Crippen molar-refractivity contribution in [2.45, 2.75) is 19.4 Å². The van der Waals surface area contributed by atoms with Crippen LogP contribution >= 0.6 is 0 Å². The highest BCUT2D eigenvalue weighted by molar-refractivity contribution is 7.91. The van der Waals surface area contributed by atoms with Gasteiger partial charge in [0.05, 0.1) is 23.8 Å². The first-order valence-corrected chi connectivity index (χ1v) is 9.51. The van der Waals surface area contributed by atoms with Gasteiger partial charge in [-0.1, -0.05) is 6.92 Å². The molecule has 1 aromatic rings. The van der Waals surface area contributed by atoms with E-state index in [0.717, 1.165) is 0 Å². The number of hydrogen-bond acceptors (Lipinski definition) is 5. The van der Waals surface area contributed by atoms with Gasteiger partial charge in [0.1, 0.15) is 5.76 Å². The minimum atomic E-state index is -3.08. The lowest BCUT2D eigenvalue weighted by molar-refractivity contribution is 0.167. The van der Waals surface area contributed by atoms with Crippen LogP contribution in [-0.2, 0) is 14.6 Å². The Kier molecular flexibility index (Phi) is 6.06. The molecular weight excluding hydrogens is 320 g/mol. The third kappa shape index (κ3) is 5.24. The van der Waals surface area contributed by atoms with E-state index in [2.05, 4.69) is 5.32 Å². The summed E-state index contributed by atoms with van der Waals surface area (Å²) in [6.07, 6.45) is 2.14. The van der Waals surface area contributed by atoms with Crippen molar-refractivity contribution in [3.8, 4) is 0 Å². The molecule has 2 heterocycles. The molecule has 1 aliphatic rings. The van der Waals surface area contributed by atoms with Gasteiger partial charge in [-0.05, 0) is 24.5 Å². The molecule has 1 fully saturated rings. The van der Waals surface area contributed by atoms with Gasteiger partial charge in [-0.15, -0.1) is 0 Å². The van der Waals surface area contributed by atoms with Crippen molar-refractivity contribution >= 4 is 15.9 Å². The number of furan rings is 1. The molecule has 1 aliphatic heterocycles. The van der Waals surface area contributed by atoms with Gasteiger partial charge in [-0.25, -0.2) is 13.2 Å². The fourth-order valence-electron chi connectivity index (χ4n) is 2.72. The molecule has 0 unspecified atom stereocenters. The number of nitrogens with zero attached hydrogens (tertiary/aromatic N) is 1. The van der Waals surface area contributed by atoms with Gasteiger partial charge < -0.3 is 19.4 Å². The first-order chi connectivity index (χ1) is 10.9. The molecule has 0 aliphatic carbocycles. The lowest BCUT2D eigenvalue weighted by atomic mass is 10.1. The monoisotopic (exact) mass is 344 g/mol. The Morgan fingerprint density at radius 3 is 3.00 bits per heavy atom. The number of nitrogens with one attached hydrogen (secondary N) is 1. The summed E-state index contributed by atoms with van der Waals surface area (Å²) in [7, 11) is -1.48. The maximum absolute atomic E-state index is 12.5. The van der Waals surface area contributed by atoms with E-state index in [-0.39, 0.29) is 36.0 Å². The van der Waals surface area contributed by atoms with Crippen molar-refractivity contribution < 1.29 is 22.4 Å². The molecule has 130 valence electrons. The van der Waals surface area contributed by atoms with E-state index in [9.17, 15) is 13.2 Å². The number of urea groups is 1. The molecule has 1 N–H and O–H groups in total. The fourth-order valence-corrected chi connectivity index (χ4v) is 4.36. The van der Waals surface area contributed by atoms with Crippen molar-refractivity contribution in [3.63, 3.8) is 0 Å². The summed E-state index contributed by atoms with van der Waals surface area (Å²) in [6, 6.07) is 3.00. The second kappa shape index (κ2) is 7.83. The summed E-state index contributed by atoms with van der Waals surface area (Å²) >= 11 is 0. The van der Waals surface area contributed by atoms with Crippen LogP contribution in [0, 0.1) is 5.92 Å². The number of sulfone groups is 1. The summed E-state index contributed by atoms with van der Waals surface area (Å²) in [4.78, 5) is 14.1. The van der Waals surface area contributed by atoms with E-state index in [1.807, 2.05) is 6.92 Å². The van der Waals surface area contributed by atoms with E-state index in [0.29, 0.717) is 25.3 Å². The number of carbonyl (C=O) groups excluding carboxylic acids is 1. The fraction of sp³-hybridized carbons (Fsp3) is 0.667. The van der Waals surface area contributed by atoms with Crippen LogP contribution in [0.1, 0.15) is 25.1 Å². The molecule has 2 atom stereocenters. The quantitative estimate of drug-likeness (QED) is 0.873. The Balaban J connectivity index is 2.03. The van der Waals surface area contributed by atoms with Crippen molar-refractivity contribution in [3.05, 3.63) is 24.2 Å². The van der Waals surface area contributed by atoms with Gasteiger partial charge in [0, 0.05) is 26.8 Å². The van der Waals surface area contributed by atoms with Crippen molar-refractivity contribution in [1.82, 2.24) is 10.2 Å². The van der Waals surface area contributed by atoms with Gasteiger partial charge in [-0.2, -0.15) is 0 Å². The Hall–Kier alpha value is -1.54. The minimum absolute atomic E-state index is 0.00818. The molecule has 1 aromatic heterocycles.